The van der Waals surface area contributed by atoms with E-state index in [9.17, 15) is 4.79 Å². The quantitative estimate of drug-likeness (QED) is 0.754. The van der Waals surface area contributed by atoms with Gasteiger partial charge in [-0.05, 0) is 17.5 Å². The van der Waals surface area contributed by atoms with Gasteiger partial charge >= 0.3 is 5.97 Å². The van der Waals surface area contributed by atoms with Gasteiger partial charge in [0.25, 0.3) is 0 Å². The number of hydrogen-bond donors (Lipinski definition) is 1. The molecule has 1 aromatic rings. The molecule has 76 valence electrons. The summed E-state index contributed by atoms with van der Waals surface area (Å²) < 4.78 is 0. The highest BCUT2D eigenvalue weighted by Gasteiger charge is 2.16. The van der Waals surface area contributed by atoms with Crippen LogP contribution in [0.5, 0.6) is 0 Å². The van der Waals surface area contributed by atoms with Crippen LogP contribution in [0.1, 0.15) is 11.1 Å². The molecule has 15 heavy (non-hydrogen) atoms. The first kappa shape index (κ1) is 9.65. The molecule has 0 saturated carbocycles. The number of aliphatic carboxylic acids is 1. The molecule has 0 radical (unpaired) electrons. The van der Waals surface area contributed by atoms with Gasteiger partial charge in [-0.1, -0.05) is 30.3 Å². The van der Waals surface area contributed by atoms with Gasteiger partial charge in [-0.2, -0.15) is 0 Å². The summed E-state index contributed by atoms with van der Waals surface area (Å²) in [7, 11) is 0. The number of nitrogens with zero attached hydrogens (tertiary/aromatic N) is 1. The minimum absolute atomic E-state index is 0.483. The summed E-state index contributed by atoms with van der Waals surface area (Å²) in [5, 5.41) is 8.98. The number of benzene rings is 1. The number of carboxylic acids is 1. The van der Waals surface area contributed by atoms with Crippen molar-refractivity contribution in [3.63, 3.8) is 0 Å². The maximum Gasteiger partial charge on any atom is 0.310 e. The SMILES string of the molecule is O=C(O)C1/C=C\N=C/c2ccccc2C1. The average molecular weight is 201 g/mol. The van der Waals surface area contributed by atoms with Crippen LogP contribution < -0.4 is 0 Å². The molecule has 1 aromatic carbocycles. The Hall–Kier alpha value is -1.90. The van der Waals surface area contributed by atoms with Crippen molar-refractivity contribution < 1.29 is 9.90 Å². The van der Waals surface area contributed by atoms with Crippen LogP contribution in [0.3, 0.4) is 0 Å². The van der Waals surface area contributed by atoms with Crippen molar-refractivity contribution in [1.29, 1.82) is 0 Å². The monoisotopic (exact) mass is 201 g/mol. The zero-order valence-corrected chi connectivity index (χ0v) is 8.13. The summed E-state index contributed by atoms with van der Waals surface area (Å²) in [5.41, 5.74) is 2.02. The van der Waals surface area contributed by atoms with Crippen molar-refractivity contribution in [3.8, 4) is 0 Å². The Kier molecular flexibility index (Phi) is 2.63. The van der Waals surface area contributed by atoms with Crippen LogP contribution >= 0.6 is 0 Å². The van der Waals surface area contributed by atoms with E-state index in [-0.39, 0.29) is 0 Å². The van der Waals surface area contributed by atoms with Gasteiger partial charge in [0.05, 0.1) is 5.92 Å². The number of aliphatic imine (C=N–C) groups is 1. The van der Waals surface area contributed by atoms with Crippen LogP contribution in [0.15, 0.2) is 41.5 Å². The van der Waals surface area contributed by atoms with E-state index in [2.05, 4.69) is 4.99 Å². The number of hydrogen-bond acceptors (Lipinski definition) is 2. The van der Waals surface area contributed by atoms with Crippen LogP contribution in [0.2, 0.25) is 0 Å². The van der Waals surface area contributed by atoms with E-state index in [1.165, 1.54) is 0 Å². The average Bonchev–Trinajstić information content (AvgIpc) is 2.18. The number of carboxylic acid groups (broad SMARTS) is 1. The molecule has 1 aliphatic heterocycles. The third-order valence-electron chi connectivity index (χ3n) is 2.43. The minimum atomic E-state index is -0.807. The Morgan fingerprint density at radius 1 is 1.40 bits per heavy atom. The van der Waals surface area contributed by atoms with Gasteiger partial charge in [-0.15, -0.1) is 0 Å². The number of carbonyl (C=O) groups is 1. The van der Waals surface area contributed by atoms with Gasteiger partial charge in [0.1, 0.15) is 0 Å². The predicted octanol–water partition coefficient (Wildman–Crippen LogP) is 1.88. The van der Waals surface area contributed by atoms with Gasteiger partial charge in [0, 0.05) is 12.4 Å². The Morgan fingerprint density at radius 3 is 3.00 bits per heavy atom. The molecule has 0 amide bonds. The largest absolute Gasteiger partial charge is 0.481 e. The molecule has 1 atom stereocenters. The first-order valence-corrected chi connectivity index (χ1v) is 4.78. The fourth-order valence-corrected chi connectivity index (χ4v) is 1.60. The summed E-state index contributed by atoms with van der Waals surface area (Å²) in [4.78, 5) is 15.0. The van der Waals surface area contributed by atoms with E-state index >= 15 is 0 Å². The van der Waals surface area contributed by atoms with Gasteiger partial charge in [0.2, 0.25) is 0 Å². The lowest BCUT2D eigenvalue weighted by Gasteiger charge is -2.11. The number of fused-ring (bicyclic) bond motifs is 1. The molecule has 1 unspecified atom stereocenters. The first-order valence-electron chi connectivity index (χ1n) is 4.78. The molecule has 0 bridgehead atoms. The lowest BCUT2D eigenvalue weighted by atomic mass is 9.95. The van der Waals surface area contributed by atoms with Crippen molar-refractivity contribution in [2.24, 2.45) is 10.9 Å². The van der Waals surface area contributed by atoms with E-state index < -0.39 is 11.9 Å². The highest BCUT2D eigenvalue weighted by molar-refractivity contribution is 5.83. The summed E-state index contributed by atoms with van der Waals surface area (Å²) in [6.07, 6.45) is 5.45. The Balaban J connectivity index is 2.40. The van der Waals surface area contributed by atoms with E-state index in [4.69, 9.17) is 5.11 Å². The lowest BCUT2D eigenvalue weighted by Crippen LogP contribution is -2.15. The molecule has 0 aliphatic carbocycles. The Bertz CT molecular complexity index is 435. The smallest absolute Gasteiger partial charge is 0.310 e. The van der Waals surface area contributed by atoms with Crippen LogP contribution in [0, 0.1) is 5.92 Å². The molecule has 0 spiro atoms. The fourth-order valence-electron chi connectivity index (χ4n) is 1.60. The molecule has 2 rings (SSSR count). The topological polar surface area (TPSA) is 49.7 Å². The van der Waals surface area contributed by atoms with Crippen molar-refractivity contribution in [3.05, 3.63) is 47.7 Å². The van der Waals surface area contributed by atoms with E-state index in [0.717, 1.165) is 11.1 Å². The summed E-state index contributed by atoms with van der Waals surface area (Å²) >= 11 is 0. The third-order valence-corrected chi connectivity index (χ3v) is 2.43. The summed E-state index contributed by atoms with van der Waals surface area (Å²) in [5.74, 6) is -1.29. The van der Waals surface area contributed by atoms with Crippen LogP contribution in [0.4, 0.5) is 0 Å². The molecule has 1 heterocycles. The van der Waals surface area contributed by atoms with Gasteiger partial charge < -0.3 is 5.11 Å². The van der Waals surface area contributed by atoms with Gasteiger partial charge in [0.15, 0.2) is 0 Å². The third kappa shape index (κ3) is 2.13. The molecular formula is C12H11NO2. The highest BCUT2D eigenvalue weighted by atomic mass is 16.4. The van der Waals surface area contributed by atoms with Crippen molar-refractivity contribution in [2.45, 2.75) is 6.42 Å². The maximum atomic E-state index is 10.9. The van der Waals surface area contributed by atoms with Crippen molar-refractivity contribution >= 4 is 12.2 Å². The molecular weight excluding hydrogens is 190 g/mol. The van der Waals surface area contributed by atoms with Gasteiger partial charge in [-0.25, -0.2) is 0 Å². The minimum Gasteiger partial charge on any atom is -0.481 e. The number of rotatable bonds is 1. The van der Waals surface area contributed by atoms with Crippen LogP contribution in [0.25, 0.3) is 0 Å². The van der Waals surface area contributed by atoms with Crippen molar-refractivity contribution in [1.82, 2.24) is 0 Å². The lowest BCUT2D eigenvalue weighted by molar-refractivity contribution is -0.140. The molecule has 1 aliphatic rings. The summed E-state index contributed by atoms with van der Waals surface area (Å²) in [6.45, 7) is 0. The van der Waals surface area contributed by atoms with Crippen molar-refractivity contribution in [2.75, 3.05) is 0 Å². The Labute approximate surface area is 87.8 Å². The maximum absolute atomic E-state index is 10.9. The second-order valence-electron chi connectivity index (χ2n) is 3.47. The zero-order chi connectivity index (χ0) is 10.7. The second-order valence-corrected chi connectivity index (χ2v) is 3.47. The molecule has 0 aromatic heterocycles. The molecule has 3 nitrogen and oxygen atoms in total. The predicted molar refractivity (Wildman–Crippen MR) is 58.0 cm³/mol. The molecule has 0 saturated heterocycles. The first-order chi connectivity index (χ1) is 7.27. The standard InChI is InChI=1S/C12H11NO2/c14-12(15)10-5-6-13-8-11-4-2-1-3-9(11)7-10/h1-6,8,10H,7H2,(H,14,15)/b6-5-,13-8-. The fraction of sp³-hybridized carbons (Fsp3) is 0.167. The molecule has 3 heteroatoms. The normalized spacial score (nSPS) is 23.3. The van der Waals surface area contributed by atoms with Crippen LogP contribution in [-0.2, 0) is 11.2 Å². The van der Waals surface area contributed by atoms with Gasteiger partial charge in [-0.3, -0.25) is 9.79 Å². The van der Waals surface area contributed by atoms with Crippen LogP contribution in [-0.4, -0.2) is 17.3 Å². The Morgan fingerprint density at radius 2 is 2.20 bits per heavy atom. The second kappa shape index (κ2) is 4.09. The van der Waals surface area contributed by atoms with E-state index in [1.807, 2.05) is 24.3 Å². The highest BCUT2D eigenvalue weighted by Crippen LogP contribution is 2.16. The molecule has 1 N–H and O–H groups in total. The zero-order valence-electron chi connectivity index (χ0n) is 8.13. The van der Waals surface area contributed by atoms with E-state index in [0.29, 0.717) is 6.42 Å². The van der Waals surface area contributed by atoms with E-state index in [1.54, 1.807) is 18.5 Å². The summed E-state index contributed by atoms with van der Waals surface area (Å²) in [6, 6.07) is 7.72. The molecule has 0 fully saturated rings.